The number of rotatable bonds is 1. The van der Waals surface area contributed by atoms with Crippen LogP contribution in [0.2, 0.25) is 0 Å². The highest BCUT2D eigenvalue weighted by molar-refractivity contribution is 5.81. The number of anilines is 1. The van der Waals surface area contributed by atoms with Gasteiger partial charge in [-0.2, -0.15) is 0 Å². The zero-order valence-corrected chi connectivity index (χ0v) is 11.4. The van der Waals surface area contributed by atoms with Gasteiger partial charge in [0.1, 0.15) is 0 Å². The molecule has 6 heteroatoms. The van der Waals surface area contributed by atoms with E-state index in [1.807, 2.05) is 30.6 Å². The Morgan fingerprint density at radius 2 is 1.78 bits per heavy atom. The minimum atomic E-state index is -0.316. The van der Waals surface area contributed by atoms with Crippen molar-refractivity contribution in [1.29, 1.82) is 0 Å². The second-order valence-electron chi connectivity index (χ2n) is 5.63. The predicted octanol–water partition coefficient (Wildman–Crippen LogP) is 1.07. The quantitative estimate of drug-likeness (QED) is 0.748. The maximum absolute atomic E-state index is 12.1. The van der Waals surface area contributed by atoms with Crippen molar-refractivity contribution in [2.75, 3.05) is 31.1 Å². The first-order valence-corrected chi connectivity index (χ1v) is 6.22. The molecule has 0 bridgehead atoms. The Bertz CT molecular complexity index is 428. The van der Waals surface area contributed by atoms with Crippen molar-refractivity contribution < 1.29 is 9.21 Å². The number of aromatic nitrogens is 2. The lowest BCUT2D eigenvalue weighted by Gasteiger charge is -2.36. The SMILES string of the molecule is Cc1nnc(N2CCN(C(=O)C(C)(C)C)CC2)o1. The lowest BCUT2D eigenvalue weighted by Crippen LogP contribution is -2.51. The highest BCUT2D eigenvalue weighted by Crippen LogP contribution is 2.20. The molecule has 0 aliphatic carbocycles. The van der Waals surface area contributed by atoms with Crippen molar-refractivity contribution in [2.24, 2.45) is 5.41 Å². The van der Waals surface area contributed by atoms with Gasteiger partial charge < -0.3 is 14.2 Å². The van der Waals surface area contributed by atoms with Gasteiger partial charge in [-0.3, -0.25) is 4.79 Å². The fourth-order valence-electron chi connectivity index (χ4n) is 1.99. The summed E-state index contributed by atoms with van der Waals surface area (Å²) in [5, 5.41) is 7.81. The molecule has 0 aromatic carbocycles. The summed E-state index contributed by atoms with van der Waals surface area (Å²) in [6.45, 7) is 10.5. The van der Waals surface area contributed by atoms with E-state index in [1.165, 1.54) is 0 Å². The highest BCUT2D eigenvalue weighted by atomic mass is 16.4. The van der Waals surface area contributed by atoms with Gasteiger partial charge in [-0.1, -0.05) is 25.9 Å². The van der Waals surface area contributed by atoms with Crippen LogP contribution in [0.25, 0.3) is 0 Å². The van der Waals surface area contributed by atoms with Crippen LogP contribution in [0.3, 0.4) is 0 Å². The summed E-state index contributed by atoms with van der Waals surface area (Å²) in [6, 6.07) is 0.551. The van der Waals surface area contributed by atoms with Crippen LogP contribution in [0.5, 0.6) is 0 Å². The van der Waals surface area contributed by atoms with Gasteiger partial charge in [-0.05, 0) is 0 Å². The Labute approximate surface area is 107 Å². The van der Waals surface area contributed by atoms with Crippen LogP contribution in [0, 0.1) is 12.3 Å². The fraction of sp³-hybridized carbons (Fsp3) is 0.750. The summed E-state index contributed by atoms with van der Waals surface area (Å²) in [5.41, 5.74) is -0.316. The van der Waals surface area contributed by atoms with E-state index in [-0.39, 0.29) is 11.3 Å². The first-order valence-electron chi connectivity index (χ1n) is 6.22. The topological polar surface area (TPSA) is 62.5 Å². The number of piperazine rings is 1. The molecular weight excluding hydrogens is 232 g/mol. The van der Waals surface area contributed by atoms with Crippen LogP contribution < -0.4 is 4.90 Å². The molecule has 0 N–H and O–H groups in total. The number of amides is 1. The van der Waals surface area contributed by atoms with Crippen LogP contribution in [0.1, 0.15) is 26.7 Å². The monoisotopic (exact) mass is 252 g/mol. The molecule has 0 atom stereocenters. The maximum atomic E-state index is 12.1. The second kappa shape index (κ2) is 4.59. The largest absolute Gasteiger partial charge is 0.408 e. The lowest BCUT2D eigenvalue weighted by molar-refractivity contribution is -0.139. The molecule has 1 fully saturated rings. The van der Waals surface area contributed by atoms with Crippen LogP contribution in [-0.4, -0.2) is 47.2 Å². The molecule has 6 nitrogen and oxygen atoms in total. The number of carbonyl (C=O) groups is 1. The summed E-state index contributed by atoms with van der Waals surface area (Å²) in [6.07, 6.45) is 0. The van der Waals surface area contributed by atoms with Crippen molar-refractivity contribution in [1.82, 2.24) is 15.1 Å². The zero-order chi connectivity index (χ0) is 13.3. The molecule has 2 heterocycles. The Balaban J connectivity index is 1.94. The van der Waals surface area contributed by atoms with E-state index in [9.17, 15) is 4.79 Å². The number of hydrogen-bond acceptors (Lipinski definition) is 5. The van der Waals surface area contributed by atoms with E-state index in [0.29, 0.717) is 25.0 Å². The summed E-state index contributed by atoms with van der Waals surface area (Å²) < 4.78 is 5.39. The van der Waals surface area contributed by atoms with Crippen LogP contribution in [0.4, 0.5) is 6.01 Å². The normalized spacial score (nSPS) is 17.1. The predicted molar refractivity (Wildman–Crippen MR) is 67.3 cm³/mol. The highest BCUT2D eigenvalue weighted by Gasteiger charge is 2.30. The minimum Gasteiger partial charge on any atom is -0.408 e. The standard InChI is InChI=1S/C12H20N4O2/c1-9-13-14-11(18-9)16-7-5-15(6-8-16)10(17)12(2,3)4/h5-8H2,1-4H3. The van der Waals surface area contributed by atoms with Crippen molar-refractivity contribution in [3.8, 4) is 0 Å². The molecule has 1 aromatic rings. The second-order valence-corrected chi connectivity index (χ2v) is 5.63. The lowest BCUT2D eigenvalue weighted by atomic mass is 9.94. The van der Waals surface area contributed by atoms with Gasteiger partial charge in [-0.15, -0.1) is 5.10 Å². The average molecular weight is 252 g/mol. The molecule has 18 heavy (non-hydrogen) atoms. The molecule has 1 amide bonds. The third-order valence-corrected chi connectivity index (χ3v) is 2.99. The molecule has 100 valence electrons. The zero-order valence-electron chi connectivity index (χ0n) is 11.4. The molecular formula is C12H20N4O2. The minimum absolute atomic E-state index is 0.198. The Kier molecular flexibility index (Phi) is 3.28. The maximum Gasteiger partial charge on any atom is 0.318 e. The van der Waals surface area contributed by atoms with Crippen LogP contribution >= 0.6 is 0 Å². The molecule has 0 saturated carbocycles. The third-order valence-electron chi connectivity index (χ3n) is 2.99. The molecule has 1 aliphatic heterocycles. The fourth-order valence-corrected chi connectivity index (χ4v) is 1.99. The van der Waals surface area contributed by atoms with Gasteiger partial charge in [0.2, 0.25) is 11.8 Å². The van der Waals surface area contributed by atoms with E-state index in [2.05, 4.69) is 10.2 Å². The van der Waals surface area contributed by atoms with Gasteiger partial charge in [0.05, 0.1) is 0 Å². The summed E-state index contributed by atoms with van der Waals surface area (Å²) >= 11 is 0. The summed E-state index contributed by atoms with van der Waals surface area (Å²) in [7, 11) is 0. The molecule has 0 unspecified atom stereocenters. The van der Waals surface area contributed by atoms with E-state index < -0.39 is 0 Å². The van der Waals surface area contributed by atoms with E-state index in [1.54, 1.807) is 6.92 Å². The number of nitrogens with zero attached hydrogens (tertiary/aromatic N) is 4. The number of hydrogen-bond donors (Lipinski definition) is 0. The van der Waals surface area contributed by atoms with Gasteiger partial charge >= 0.3 is 6.01 Å². The first kappa shape index (κ1) is 12.9. The van der Waals surface area contributed by atoms with Gasteiger partial charge in [0.15, 0.2) is 0 Å². The smallest absolute Gasteiger partial charge is 0.318 e. The van der Waals surface area contributed by atoms with Crippen molar-refractivity contribution in [3.05, 3.63) is 5.89 Å². The molecule has 0 spiro atoms. The van der Waals surface area contributed by atoms with E-state index >= 15 is 0 Å². The Morgan fingerprint density at radius 1 is 1.17 bits per heavy atom. The van der Waals surface area contributed by atoms with Crippen LogP contribution in [0.15, 0.2) is 4.42 Å². The molecule has 0 radical (unpaired) electrons. The van der Waals surface area contributed by atoms with Crippen molar-refractivity contribution in [2.45, 2.75) is 27.7 Å². The number of aryl methyl sites for hydroxylation is 1. The van der Waals surface area contributed by atoms with Crippen molar-refractivity contribution in [3.63, 3.8) is 0 Å². The molecule has 2 rings (SSSR count). The Hall–Kier alpha value is -1.59. The van der Waals surface area contributed by atoms with Gasteiger partial charge in [0.25, 0.3) is 0 Å². The van der Waals surface area contributed by atoms with Gasteiger partial charge in [0, 0.05) is 38.5 Å². The molecule has 1 saturated heterocycles. The van der Waals surface area contributed by atoms with E-state index in [4.69, 9.17) is 4.42 Å². The number of carbonyl (C=O) groups excluding carboxylic acids is 1. The van der Waals surface area contributed by atoms with Crippen LogP contribution in [-0.2, 0) is 4.79 Å². The van der Waals surface area contributed by atoms with E-state index in [0.717, 1.165) is 13.1 Å². The first-order chi connectivity index (χ1) is 8.38. The third kappa shape index (κ3) is 2.63. The average Bonchev–Trinajstić information content (AvgIpc) is 2.74. The summed E-state index contributed by atoms with van der Waals surface area (Å²) in [4.78, 5) is 16.0. The Morgan fingerprint density at radius 3 is 2.22 bits per heavy atom. The van der Waals surface area contributed by atoms with Gasteiger partial charge in [-0.25, -0.2) is 0 Å². The molecule has 1 aliphatic rings. The van der Waals surface area contributed by atoms with Crippen molar-refractivity contribution >= 4 is 11.9 Å². The summed E-state index contributed by atoms with van der Waals surface area (Å²) in [5.74, 6) is 0.766. The molecule has 1 aromatic heterocycles.